The number of benzene rings is 1. The molecule has 0 bridgehead atoms. The number of aliphatic carboxylic acids is 2. The van der Waals surface area contributed by atoms with E-state index in [1.54, 1.807) is 0 Å². The van der Waals surface area contributed by atoms with Gasteiger partial charge in [-0.2, -0.15) is 64.8 Å². The van der Waals surface area contributed by atoms with Gasteiger partial charge < -0.3 is 93.5 Å². The molecule has 5 heterocycles. The summed E-state index contributed by atoms with van der Waals surface area (Å²) in [6.45, 7) is -4.69. The maximum atomic E-state index is 13.3. The average molecular weight is 1530 g/mol. The number of rotatable bonds is 32. The van der Waals surface area contributed by atoms with Crippen molar-refractivity contribution in [3.63, 3.8) is 0 Å². The molecule has 5 fully saturated rings. The zero-order valence-corrected chi connectivity index (χ0v) is 52.4. The van der Waals surface area contributed by atoms with E-state index >= 15 is 0 Å². The number of amides is 1. The number of carboxylic acid groups (broad SMARTS) is 2. The van der Waals surface area contributed by atoms with Gasteiger partial charge in [0.2, 0.25) is 0 Å². The first-order valence-corrected chi connectivity index (χ1v) is 34.1. The van der Waals surface area contributed by atoms with Gasteiger partial charge in [-0.25, -0.2) is 26.3 Å². The van der Waals surface area contributed by atoms with E-state index in [0.29, 0.717) is 0 Å². The predicted octanol–water partition coefficient (Wildman–Crippen LogP) is -10.9. The average Bonchev–Trinajstić information content (AvgIpc) is 0.766. The number of methoxy groups -OCH3 is 1. The smallest absolute Gasteiger partial charge is 0.397 e. The van der Waals surface area contributed by atoms with Gasteiger partial charge in [0.05, 0.1) is 19.8 Å². The molecule has 5 aliphatic rings. The topological polar surface area (TPSA) is 742 Å². The Labute approximate surface area is 538 Å². The molecule has 6 rings (SSSR count). The van der Waals surface area contributed by atoms with Gasteiger partial charge in [-0.1, -0.05) is 18.2 Å². The zero-order valence-electron chi connectivity index (χ0n) is 46.6. The minimum atomic E-state index is -6.06. The van der Waals surface area contributed by atoms with E-state index in [-0.39, 0.29) is 5.56 Å². The van der Waals surface area contributed by atoms with Gasteiger partial charge in [-0.3, -0.25) is 32.1 Å². The fraction of sp³-hybridized carbons (Fsp3) is 0.763. The van der Waals surface area contributed by atoms with Crippen molar-refractivity contribution in [2.45, 2.75) is 153 Å². The molecular formula is C38H57N3O47S7. The second-order valence-corrected chi connectivity index (χ2v) is 26.6. The van der Waals surface area contributed by atoms with E-state index in [1.165, 1.54) is 39.8 Å². The van der Waals surface area contributed by atoms with Crippen LogP contribution >= 0.6 is 12.9 Å². The molecule has 0 saturated carbocycles. The van der Waals surface area contributed by atoms with Crippen molar-refractivity contribution in [1.29, 1.82) is 0 Å². The molecule has 0 aromatic heterocycles. The van der Waals surface area contributed by atoms with Crippen LogP contribution in [0.15, 0.2) is 30.3 Å². The summed E-state index contributed by atoms with van der Waals surface area (Å²) in [4.78, 5) is 44.4. The van der Waals surface area contributed by atoms with E-state index in [9.17, 15) is 129 Å². The number of nitrogens with one attached hydrogen (secondary N) is 3. The Morgan fingerprint density at radius 2 is 0.916 bits per heavy atom. The van der Waals surface area contributed by atoms with Crippen LogP contribution in [-0.2, 0) is 155 Å². The number of aliphatic hydroxyl groups is 6. The van der Waals surface area contributed by atoms with Gasteiger partial charge in [0, 0.05) is 25.6 Å². The highest BCUT2D eigenvalue weighted by molar-refractivity contribution is 7.84. The Morgan fingerprint density at radius 1 is 0.463 bits per heavy atom. The lowest BCUT2D eigenvalue weighted by Crippen LogP contribution is -2.71. The summed E-state index contributed by atoms with van der Waals surface area (Å²) in [6, 6.07) is -0.468. The number of carboxylic acids is 2. The molecule has 57 heteroatoms. The van der Waals surface area contributed by atoms with Crippen molar-refractivity contribution in [3.8, 4) is 0 Å². The van der Waals surface area contributed by atoms with Crippen molar-refractivity contribution >= 4 is 93.0 Å². The molecule has 17 N–H and O–H groups in total. The third-order valence-corrected chi connectivity index (χ3v) is 16.4. The standard InChI is InChI=1S/C38H57N3O47S7/c1-71-34-14(39-31(48)10-5-3-2-4-6-10)19(44)23(12(76-34)8-73-93(62,63)64)78-38-28(85-95(68,69)70)22(47)27(30(83-38)33(51)52)81-36-16(41-91(56,57)58)25(84-86-87-88-89)24(13(77-36)9-74-94(65,66)67)79-37-21(46)20(45)26(29(82-37)32(49)50)80-35-15(40-90(53,54)55)18(43)17(42)11(75-35)7-72-92(59,60)61/h2-6,11-30,34-38,40-47,89H,7-9H2,1H3,(H,39,48)(H,49,50)(H,51,52)(H,53,54,55)(H,56,57,58)(H,59,60,61)(H,62,63,64)(H,65,66,67)(H,68,69,70)/t11-,12-,13-,14-,15-,16-,17-,18-,19-,20-,21-,22+,23-,24-,25-,26+,27+,28-,29+,30-,34+,35-,36-,37-,38-/m1/s1. The highest BCUT2D eigenvalue weighted by atomic mass is 32.3. The summed E-state index contributed by atoms with van der Waals surface area (Å²) >= 11 is 3.18. The molecule has 548 valence electrons. The van der Waals surface area contributed by atoms with E-state index < -0.39 is 253 Å². The molecular weight excluding hydrogens is 1470 g/mol. The Balaban J connectivity index is 1.39. The van der Waals surface area contributed by atoms with Crippen LogP contribution in [-0.4, -0.2) is 317 Å². The highest BCUT2D eigenvalue weighted by Gasteiger charge is 2.61. The van der Waals surface area contributed by atoms with Gasteiger partial charge in [-0.05, 0) is 22.2 Å². The van der Waals surface area contributed by atoms with Crippen LogP contribution < -0.4 is 14.8 Å². The van der Waals surface area contributed by atoms with Crippen molar-refractivity contribution in [3.05, 3.63) is 35.9 Å². The van der Waals surface area contributed by atoms with E-state index in [4.69, 9.17) is 56.8 Å². The maximum Gasteiger partial charge on any atom is 0.397 e. The number of aliphatic hydroxyl groups excluding tert-OH is 6. The van der Waals surface area contributed by atoms with E-state index in [2.05, 4.69) is 49.4 Å². The lowest BCUT2D eigenvalue weighted by atomic mass is 9.94. The molecule has 1 aromatic rings. The quantitative estimate of drug-likeness (QED) is 0.00795. The second kappa shape index (κ2) is 32.8. The fourth-order valence-corrected chi connectivity index (χ4v) is 12.2. The van der Waals surface area contributed by atoms with Gasteiger partial charge in [0.25, 0.3) is 5.91 Å². The molecule has 0 aliphatic carbocycles. The molecule has 5 saturated heterocycles. The minimum absolute atomic E-state index is 0.0867. The number of carbonyl (C=O) groups is 3. The first kappa shape index (κ1) is 80.4. The third kappa shape index (κ3) is 22.7. The van der Waals surface area contributed by atoms with Gasteiger partial charge in [0.1, 0.15) is 104 Å². The van der Waals surface area contributed by atoms with Gasteiger partial charge in [-0.15, -0.1) is 4.33 Å². The third-order valence-electron chi connectivity index (χ3n) is 13.5. The summed E-state index contributed by atoms with van der Waals surface area (Å²) in [7, 11) is -33.3. The highest BCUT2D eigenvalue weighted by Crippen LogP contribution is 2.38. The molecule has 25 atom stereocenters. The van der Waals surface area contributed by atoms with Crippen molar-refractivity contribution < 1.29 is 216 Å². The SMILES string of the molecule is CO[C@H]1O[C@H](COS(=O)(=O)O)[C@@H](O[C@@H]2O[C@@H](C(=O)O)[C@@H](O[C@H]3O[C@H](COS(=O)(=O)O)[C@@H](O[C@@H]4O[C@H](C(=O)O)[C@@H](O[C@H]5O[C@H](COS(=O)(=O)O)[C@@H](O)[C@H](O)[C@H]5NS(=O)(=O)O)[C@H](O)[C@H]4O)[C@H](OOOOS)[C@H]3NS(=O)(=O)O)[C@H](O)[C@H]2OS(=O)(=O)O)[C@H](O)[C@H]1NC(=O)c1ccccc1. The van der Waals surface area contributed by atoms with Gasteiger partial charge >= 0.3 is 74.1 Å². The summed E-state index contributed by atoms with van der Waals surface area (Å²) in [5.74, 6) is -5.67. The number of hydrogen-bond donors (Lipinski definition) is 18. The fourth-order valence-electron chi connectivity index (χ4n) is 9.60. The lowest BCUT2D eigenvalue weighted by Gasteiger charge is -2.50. The molecule has 50 nitrogen and oxygen atoms in total. The first-order valence-electron chi connectivity index (χ1n) is 25.4. The Bertz CT molecular complexity index is 3470. The van der Waals surface area contributed by atoms with Crippen LogP contribution in [0.4, 0.5) is 0 Å². The number of ether oxygens (including phenoxy) is 10. The van der Waals surface area contributed by atoms with Crippen molar-refractivity contribution in [2.24, 2.45) is 0 Å². The van der Waals surface area contributed by atoms with Gasteiger partial charge in [0.15, 0.2) is 49.8 Å². The van der Waals surface area contributed by atoms with Crippen molar-refractivity contribution in [1.82, 2.24) is 14.8 Å². The minimum Gasteiger partial charge on any atom is -0.479 e. The molecule has 0 radical (unpaired) electrons. The number of hydrogen-bond acceptors (Lipinski definition) is 40. The first-order chi connectivity index (χ1) is 43.8. The van der Waals surface area contributed by atoms with Crippen LogP contribution in [0.5, 0.6) is 0 Å². The summed E-state index contributed by atoms with van der Waals surface area (Å²) in [6.07, 6.45) is -59.6. The van der Waals surface area contributed by atoms with Crippen LogP contribution in [0.1, 0.15) is 10.4 Å². The Hall–Kier alpha value is -3.60. The molecule has 0 unspecified atom stereocenters. The monoisotopic (exact) mass is 1530 g/mol. The number of carbonyl (C=O) groups excluding carboxylic acids is 1. The Kier molecular flexibility index (Phi) is 27.8. The van der Waals surface area contributed by atoms with Crippen LogP contribution in [0.2, 0.25) is 0 Å². The second-order valence-electron chi connectivity index (χ2n) is 19.7. The van der Waals surface area contributed by atoms with E-state index in [1.807, 2.05) is 0 Å². The molecule has 0 spiro atoms. The summed E-state index contributed by atoms with van der Waals surface area (Å²) < 4.78 is 281. The van der Waals surface area contributed by atoms with Crippen LogP contribution in [0.25, 0.3) is 0 Å². The number of thiol groups is 1. The van der Waals surface area contributed by atoms with Crippen molar-refractivity contribution in [2.75, 3.05) is 26.9 Å². The zero-order chi connectivity index (χ0) is 71.2. The predicted molar refractivity (Wildman–Crippen MR) is 282 cm³/mol. The normalized spacial score (nSPS) is 37.1. The van der Waals surface area contributed by atoms with Crippen LogP contribution in [0, 0.1) is 0 Å². The molecule has 95 heavy (non-hydrogen) atoms. The van der Waals surface area contributed by atoms with E-state index in [0.717, 1.165) is 7.11 Å². The molecule has 5 aliphatic heterocycles. The molecule has 1 aromatic carbocycles. The largest absolute Gasteiger partial charge is 0.479 e. The van der Waals surface area contributed by atoms with Crippen LogP contribution in [0.3, 0.4) is 0 Å². The lowest BCUT2D eigenvalue weighted by molar-refractivity contribution is -0.620. The summed E-state index contributed by atoms with van der Waals surface area (Å²) in [5.41, 5.74) is -0.0867. The maximum absolute atomic E-state index is 13.3. The Morgan fingerprint density at radius 3 is 1.41 bits per heavy atom. The molecule has 1 amide bonds. The summed E-state index contributed by atoms with van der Waals surface area (Å²) in [5, 5.41) is 99.8.